The third-order valence-electron chi connectivity index (χ3n) is 11.2. The molecular formula is C41H32ClF7N6O4S. The van der Waals surface area contributed by atoms with Gasteiger partial charge in [0.15, 0.2) is 15.6 Å². The lowest BCUT2D eigenvalue weighted by molar-refractivity contribution is -0.120. The molecule has 0 unspecified atom stereocenters. The van der Waals surface area contributed by atoms with Gasteiger partial charge < -0.3 is 5.11 Å². The predicted molar refractivity (Wildman–Crippen MR) is 202 cm³/mol. The number of hydrogen-bond acceptors (Lipinski definition) is 8. The summed E-state index contributed by atoms with van der Waals surface area (Å²) >= 11 is 6.62. The number of carbonyl (C=O) groups excluding carboxylic acids is 1. The van der Waals surface area contributed by atoms with Crippen LogP contribution in [0.1, 0.15) is 83.5 Å². The van der Waals surface area contributed by atoms with Crippen molar-refractivity contribution in [2.24, 2.45) is 13.0 Å². The lowest BCUT2D eigenvalue weighted by Gasteiger charge is -2.40. The fourth-order valence-corrected chi connectivity index (χ4v) is 9.65. The summed E-state index contributed by atoms with van der Waals surface area (Å²) < 4.78 is 130. The number of aliphatic hydroxyl groups is 1. The number of pyridine rings is 1. The number of aryl methyl sites for hydroxylation is 1. The van der Waals surface area contributed by atoms with E-state index in [4.69, 9.17) is 21.8 Å². The van der Waals surface area contributed by atoms with Crippen molar-refractivity contribution in [1.29, 1.82) is 5.26 Å². The first-order valence-corrected chi connectivity index (χ1v) is 20.9. The number of halogens is 8. The van der Waals surface area contributed by atoms with Crippen LogP contribution in [0.3, 0.4) is 0 Å². The third-order valence-corrected chi connectivity index (χ3v) is 12.3. The minimum atomic E-state index is -3.62. The van der Waals surface area contributed by atoms with Crippen LogP contribution in [0.5, 0.6) is 0 Å². The highest BCUT2D eigenvalue weighted by Crippen LogP contribution is 2.68. The van der Waals surface area contributed by atoms with Gasteiger partial charge in [0.2, 0.25) is 5.67 Å². The molecule has 0 amide bonds. The molecule has 19 heteroatoms. The van der Waals surface area contributed by atoms with Crippen LogP contribution >= 0.6 is 11.6 Å². The van der Waals surface area contributed by atoms with Gasteiger partial charge in [0.1, 0.15) is 46.9 Å². The van der Waals surface area contributed by atoms with Gasteiger partial charge in [0.25, 0.3) is 12.3 Å². The molecule has 0 aliphatic heterocycles. The molecule has 3 aromatic heterocycles. The molecule has 10 nitrogen and oxygen atoms in total. The smallest absolute Gasteiger partial charge is 0.293 e. The number of sulfone groups is 1. The van der Waals surface area contributed by atoms with E-state index in [0.717, 1.165) is 18.4 Å². The molecule has 3 atom stereocenters. The summed E-state index contributed by atoms with van der Waals surface area (Å²) in [6.45, 7) is -0.856. The molecule has 8 rings (SSSR count). The Morgan fingerprint density at radius 2 is 1.73 bits per heavy atom. The lowest BCUT2D eigenvalue weighted by atomic mass is 9.69. The largest absolute Gasteiger partial charge is 0.377 e. The Kier molecular flexibility index (Phi) is 9.96. The number of benzene rings is 2. The minimum Gasteiger partial charge on any atom is -0.377 e. The Labute approximate surface area is 342 Å². The minimum absolute atomic E-state index is 0.00800. The van der Waals surface area contributed by atoms with Crippen LogP contribution in [0.2, 0.25) is 5.02 Å². The van der Waals surface area contributed by atoms with Gasteiger partial charge in [-0.15, -0.1) is 0 Å². The molecule has 0 bridgehead atoms. The normalized spacial score (nSPS) is 23.1. The maximum Gasteiger partial charge on any atom is 0.293 e. The number of carbonyl (C=O) groups is 1. The molecule has 0 saturated heterocycles. The monoisotopic (exact) mass is 872 g/mol. The quantitative estimate of drug-likeness (QED) is 0.106. The number of Topliss-reactive ketones (excluding diaryl/α,β-unsaturated/α-hetero) is 1. The van der Waals surface area contributed by atoms with Gasteiger partial charge in [0.05, 0.1) is 27.7 Å². The van der Waals surface area contributed by atoms with Crippen molar-refractivity contribution >= 4 is 38.1 Å². The summed E-state index contributed by atoms with van der Waals surface area (Å²) in [7, 11) is -2.08. The van der Waals surface area contributed by atoms with Gasteiger partial charge in [-0.05, 0) is 60.6 Å². The van der Waals surface area contributed by atoms with E-state index < -0.39 is 112 Å². The van der Waals surface area contributed by atoms with Crippen molar-refractivity contribution in [1.82, 2.24) is 24.5 Å². The second-order valence-electron chi connectivity index (χ2n) is 15.9. The zero-order valence-electron chi connectivity index (χ0n) is 31.6. The van der Waals surface area contributed by atoms with Crippen molar-refractivity contribution in [2.75, 3.05) is 6.26 Å². The van der Waals surface area contributed by atoms with Crippen LogP contribution in [0.25, 0.3) is 22.0 Å². The highest BCUT2D eigenvalue weighted by atomic mass is 35.5. The topological polar surface area (TPSA) is 144 Å². The predicted octanol–water partition coefficient (Wildman–Crippen LogP) is 7.55. The first-order chi connectivity index (χ1) is 28.1. The number of hydrogen-bond donors (Lipinski definition) is 1. The fourth-order valence-electron chi connectivity index (χ4n) is 8.69. The molecule has 2 fully saturated rings. The molecule has 0 radical (unpaired) electrons. The van der Waals surface area contributed by atoms with Crippen LogP contribution in [0.15, 0.2) is 42.5 Å². The Morgan fingerprint density at radius 1 is 1.05 bits per heavy atom. The number of aromatic nitrogens is 5. The lowest BCUT2D eigenvalue weighted by Crippen LogP contribution is -2.52. The van der Waals surface area contributed by atoms with E-state index >= 15 is 8.78 Å². The number of ketones is 1. The van der Waals surface area contributed by atoms with Gasteiger partial charge in [-0.3, -0.25) is 14.2 Å². The summed E-state index contributed by atoms with van der Waals surface area (Å²) in [5, 5.41) is 28.5. The highest BCUT2D eigenvalue weighted by Gasteiger charge is 2.67. The number of nitrogens with zero attached hydrogens (tertiary/aromatic N) is 6. The summed E-state index contributed by atoms with van der Waals surface area (Å²) in [6.07, 6.45) is -4.21. The Bertz CT molecular complexity index is 2840. The van der Waals surface area contributed by atoms with Gasteiger partial charge in [0, 0.05) is 72.5 Å². The molecule has 5 aromatic rings. The molecule has 2 aromatic carbocycles. The molecule has 2 saturated carbocycles. The van der Waals surface area contributed by atoms with Crippen LogP contribution in [-0.2, 0) is 46.3 Å². The molecular weight excluding hydrogens is 841 g/mol. The molecule has 3 aliphatic carbocycles. The molecule has 60 heavy (non-hydrogen) atoms. The van der Waals surface area contributed by atoms with E-state index in [2.05, 4.69) is 22.0 Å². The Hall–Kier alpha value is -5.30. The van der Waals surface area contributed by atoms with Crippen LogP contribution < -0.4 is 0 Å². The molecule has 312 valence electrons. The van der Waals surface area contributed by atoms with Crippen molar-refractivity contribution in [3.8, 4) is 29.0 Å². The highest BCUT2D eigenvalue weighted by molar-refractivity contribution is 7.89. The SMILES string of the molecule is Cn1nc(CS(C)(=O)=O)c2c(Cl)ccc(-c3ccc(C#CC4(O)CC(F)(C#N)C4)nc3[C@@H](CC(=O)Cn3nc(C(F)F)c4c3C(F)(F)[C@@H]3C[C@H]43)Cc3cc(F)cc(F)c3)c21. The number of nitriles is 1. The second-order valence-corrected chi connectivity index (χ2v) is 18.4. The summed E-state index contributed by atoms with van der Waals surface area (Å²) in [4.78, 5) is 18.8. The number of alkyl halides is 5. The number of rotatable bonds is 11. The molecule has 3 aliphatic rings. The Balaban J connectivity index is 1.27. The van der Waals surface area contributed by atoms with Crippen LogP contribution in [-0.4, -0.2) is 61.4 Å². The van der Waals surface area contributed by atoms with Crippen LogP contribution in [0, 0.1) is 40.7 Å². The van der Waals surface area contributed by atoms with Crippen molar-refractivity contribution in [3.63, 3.8) is 0 Å². The van der Waals surface area contributed by atoms with E-state index in [1.807, 2.05) is 0 Å². The van der Waals surface area contributed by atoms with E-state index in [0.29, 0.717) is 21.8 Å². The standard InChI is InChI=1S/C41H32ClF7N6O4S/c1-54-36-27(5-6-30(42)33(36)31(52-54)16-60(2,58)59)26-4-3-24(7-8-40(57)17-39(47,18-40)19-50)51-34(26)21(9-20-10-22(43)13-23(44)11-20)12-25(56)15-55-37-32(35(53-55)38(45)46)28-14-29(28)41(37,48)49/h3-6,10-11,13,21,28-29,38,57H,9,12,14-18H2,1-2H3/t21-,28+,29-,39?,40?/m1/s1. The van der Waals surface area contributed by atoms with Gasteiger partial charge in [-0.2, -0.15) is 24.2 Å². The number of fused-ring (bicyclic) bond motifs is 4. The maximum atomic E-state index is 15.5. The maximum absolute atomic E-state index is 15.5. The fraction of sp³-hybridized carbons (Fsp3) is 0.390. The van der Waals surface area contributed by atoms with Crippen molar-refractivity contribution in [2.45, 2.75) is 79.9 Å². The molecule has 1 N–H and O–H groups in total. The van der Waals surface area contributed by atoms with E-state index in [9.17, 15) is 40.3 Å². The average molecular weight is 873 g/mol. The van der Waals surface area contributed by atoms with E-state index in [1.54, 1.807) is 13.1 Å². The second kappa shape index (κ2) is 14.4. The van der Waals surface area contributed by atoms with Crippen molar-refractivity contribution < 1.29 is 49.1 Å². The summed E-state index contributed by atoms with van der Waals surface area (Å²) in [5.74, 6) is -4.59. The van der Waals surface area contributed by atoms with Crippen molar-refractivity contribution in [3.05, 3.63) is 98.7 Å². The Morgan fingerprint density at radius 3 is 2.38 bits per heavy atom. The third kappa shape index (κ3) is 7.54. The van der Waals surface area contributed by atoms with E-state index in [-0.39, 0.29) is 57.0 Å². The first-order valence-electron chi connectivity index (χ1n) is 18.5. The van der Waals surface area contributed by atoms with E-state index in [1.165, 1.54) is 29.0 Å². The zero-order chi connectivity index (χ0) is 43.3. The van der Waals surface area contributed by atoms with Gasteiger partial charge in [-0.25, -0.2) is 35.4 Å². The van der Waals surface area contributed by atoms with Gasteiger partial charge >= 0.3 is 0 Å². The summed E-state index contributed by atoms with van der Waals surface area (Å²) in [6, 6.07) is 10.2. The molecule has 0 spiro atoms. The zero-order valence-corrected chi connectivity index (χ0v) is 33.2. The molecule has 3 heterocycles. The summed E-state index contributed by atoms with van der Waals surface area (Å²) in [5.41, 5.74) is -4.85. The first kappa shape index (κ1) is 41.4. The van der Waals surface area contributed by atoms with Gasteiger partial charge in [-0.1, -0.05) is 23.6 Å². The average Bonchev–Trinajstić information content (AvgIpc) is 3.68. The van der Waals surface area contributed by atoms with Crippen LogP contribution in [0.4, 0.5) is 30.7 Å².